The van der Waals surface area contributed by atoms with Gasteiger partial charge in [-0.2, -0.15) is 0 Å². The number of allylic oxidation sites excluding steroid dienone is 3. The summed E-state index contributed by atoms with van der Waals surface area (Å²) in [5.74, 6) is -1.29. The van der Waals surface area contributed by atoms with E-state index in [1.165, 1.54) is 12.1 Å². The molecular formula is C25H23BrFNO3. The predicted molar refractivity (Wildman–Crippen MR) is 120 cm³/mol. The van der Waals surface area contributed by atoms with Gasteiger partial charge in [-0.15, -0.1) is 0 Å². The molecule has 2 atom stereocenters. The zero-order valence-electron chi connectivity index (χ0n) is 17.4. The molecule has 0 aromatic heterocycles. The van der Waals surface area contributed by atoms with Crippen LogP contribution in [0.25, 0.3) is 0 Å². The maximum atomic E-state index is 13.4. The van der Waals surface area contributed by atoms with Gasteiger partial charge in [0.15, 0.2) is 5.78 Å². The van der Waals surface area contributed by atoms with Crippen molar-refractivity contribution < 1.29 is 18.7 Å². The van der Waals surface area contributed by atoms with Crippen LogP contribution in [0.15, 0.2) is 75.5 Å². The summed E-state index contributed by atoms with van der Waals surface area (Å²) < 4.78 is 19.5. The van der Waals surface area contributed by atoms with Crippen molar-refractivity contribution in [1.29, 1.82) is 0 Å². The molecule has 2 aromatic rings. The third kappa shape index (κ3) is 4.09. The first-order valence-electron chi connectivity index (χ1n) is 10.3. The quantitative estimate of drug-likeness (QED) is 0.582. The molecule has 4 rings (SSSR count). The molecule has 1 N–H and O–H groups in total. The number of hydrogen-bond acceptors (Lipinski definition) is 4. The molecule has 0 saturated heterocycles. The van der Waals surface area contributed by atoms with Gasteiger partial charge in [0, 0.05) is 33.8 Å². The molecule has 0 bridgehead atoms. The second-order valence-electron chi connectivity index (χ2n) is 7.81. The molecule has 0 fully saturated rings. The Labute approximate surface area is 189 Å². The van der Waals surface area contributed by atoms with Crippen molar-refractivity contribution in [3.05, 3.63) is 92.5 Å². The van der Waals surface area contributed by atoms with Gasteiger partial charge >= 0.3 is 5.97 Å². The van der Waals surface area contributed by atoms with E-state index in [0.717, 1.165) is 21.3 Å². The highest BCUT2D eigenvalue weighted by molar-refractivity contribution is 9.10. The number of rotatable bonds is 4. The van der Waals surface area contributed by atoms with Crippen LogP contribution in [-0.4, -0.2) is 18.4 Å². The molecule has 160 valence electrons. The summed E-state index contributed by atoms with van der Waals surface area (Å²) in [4.78, 5) is 26.3. The average molecular weight is 484 g/mol. The highest BCUT2D eigenvalue weighted by Crippen LogP contribution is 2.47. The first kappa shape index (κ1) is 21.5. The number of benzene rings is 2. The lowest BCUT2D eigenvalue weighted by atomic mass is 9.72. The maximum absolute atomic E-state index is 13.4. The van der Waals surface area contributed by atoms with Crippen LogP contribution in [0.5, 0.6) is 0 Å². The van der Waals surface area contributed by atoms with Crippen LogP contribution in [0.1, 0.15) is 49.7 Å². The Hall–Kier alpha value is -2.73. The molecule has 1 heterocycles. The Morgan fingerprint density at radius 3 is 2.55 bits per heavy atom. The third-order valence-electron chi connectivity index (χ3n) is 5.88. The number of carbonyl (C=O) groups excluding carboxylic acids is 2. The molecule has 0 unspecified atom stereocenters. The third-order valence-corrected chi connectivity index (χ3v) is 6.60. The minimum Gasteiger partial charge on any atom is -0.463 e. The van der Waals surface area contributed by atoms with Crippen LogP contribution in [-0.2, 0) is 14.3 Å². The lowest BCUT2D eigenvalue weighted by Crippen LogP contribution is -2.36. The van der Waals surface area contributed by atoms with Crippen molar-refractivity contribution in [2.24, 2.45) is 0 Å². The van der Waals surface area contributed by atoms with Crippen molar-refractivity contribution in [2.75, 3.05) is 6.61 Å². The number of nitrogens with one attached hydrogen (secondary N) is 1. The van der Waals surface area contributed by atoms with Gasteiger partial charge < -0.3 is 10.1 Å². The van der Waals surface area contributed by atoms with Gasteiger partial charge in [0.1, 0.15) is 5.82 Å². The van der Waals surface area contributed by atoms with E-state index >= 15 is 0 Å². The van der Waals surface area contributed by atoms with Gasteiger partial charge in [0.25, 0.3) is 0 Å². The van der Waals surface area contributed by atoms with Crippen LogP contribution >= 0.6 is 15.9 Å². The summed E-state index contributed by atoms with van der Waals surface area (Å²) in [6.45, 7) is 3.86. The van der Waals surface area contributed by atoms with E-state index in [0.29, 0.717) is 29.7 Å². The standard InChI is InChI=1S/C25H23BrFNO3/c1-3-31-25(30)22-14(2)28-20-12-16(15-8-10-17(27)11-9-15)13-21(29)24(20)23(22)18-6-4-5-7-19(18)26/h4-11,16,23,28H,3,12-13H2,1-2H3/t16-,23+/m0/s1. The molecule has 0 amide bonds. The fourth-order valence-electron chi connectivity index (χ4n) is 4.51. The molecule has 6 heteroatoms. The largest absolute Gasteiger partial charge is 0.463 e. The van der Waals surface area contributed by atoms with Crippen LogP contribution in [0, 0.1) is 5.82 Å². The molecule has 4 nitrogen and oxygen atoms in total. The highest BCUT2D eigenvalue weighted by Gasteiger charge is 2.41. The molecule has 0 spiro atoms. The molecule has 1 aliphatic heterocycles. The monoisotopic (exact) mass is 483 g/mol. The Morgan fingerprint density at radius 1 is 1.16 bits per heavy atom. The summed E-state index contributed by atoms with van der Waals surface area (Å²) in [5.41, 5.74) is 4.35. The van der Waals surface area contributed by atoms with Crippen LogP contribution < -0.4 is 5.32 Å². The first-order chi connectivity index (χ1) is 14.9. The fraction of sp³-hybridized carbons (Fsp3) is 0.280. The van der Waals surface area contributed by atoms with E-state index in [1.54, 1.807) is 19.1 Å². The summed E-state index contributed by atoms with van der Waals surface area (Å²) in [7, 11) is 0. The molecule has 2 aliphatic rings. The zero-order valence-corrected chi connectivity index (χ0v) is 19.0. The van der Waals surface area contributed by atoms with Gasteiger partial charge in [0.2, 0.25) is 0 Å². The number of Topliss-reactive ketones (excluding diaryl/α,β-unsaturated/α-hetero) is 1. The fourth-order valence-corrected chi connectivity index (χ4v) is 5.02. The molecular weight excluding hydrogens is 461 g/mol. The van der Waals surface area contributed by atoms with Gasteiger partial charge in [-0.05, 0) is 55.5 Å². The van der Waals surface area contributed by atoms with E-state index in [2.05, 4.69) is 21.2 Å². The van der Waals surface area contributed by atoms with Crippen molar-refractivity contribution in [1.82, 2.24) is 5.32 Å². The average Bonchev–Trinajstić information content (AvgIpc) is 2.73. The van der Waals surface area contributed by atoms with E-state index < -0.39 is 11.9 Å². The summed E-state index contributed by atoms with van der Waals surface area (Å²) >= 11 is 3.59. The minimum atomic E-state index is -0.507. The predicted octanol–water partition coefficient (Wildman–Crippen LogP) is 5.51. The molecule has 31 heavy (non-hydrogen) atoms. The van der Waals surface area contributed by atoms with Crippen LogP contribution in [0.2, 0.25) is 0 Å². The number of dihydropyridines is 1. The van der Waals surface area contributed by atoms with Crippen molar-refractivity contribution >= 4 is 27.7 Å². The Kier molecular flexibility index (Phi) is 6.10. The number of ether oxygens (including phenoxy) is 1. The van der Waals surface area contributed by atoms with Crippen molar-refractivity contribution in [3.63, 3.8) is 0 Å². The highest BCUT2D eigenvalue weighted by atomic mass is 79.9. The second-order valence-corrected chi connectivity index (χ2v) is 8.67. The number of halogens is 2. The van der Waals surface area contributed by atoms with E-state index in [1.807, 2.05) is 31.2 Å². The van der Waals surface area contributed by atoms with Crippen LogP contribution in [0.3, 0.4) is 0 Å². The molecule has 0 saturated carbocycles. The number of esters is 1. The first-order valence-corrected chi connectivity index (χ1v) is 11.1. The number of carbonyl (C=O) groups is 2. The summed E-state index contributed by atoms with van der Waals surface area (Å²) in [5, 5.41) is 3.32. The summed E-state index contributed by atoms with van der Waals surface area (Å²) in [6.07, 6.45) is 0.920. The smallest absolute Gasteiger partial charge is 0.336 e. The van der Waals surface area contributed by atoms with E-state index in [-0.39, 0.29) is 24.1 Å². The van der Waals surface area contributed by atoms with Crippen molar-refractivity contribution in [2.45, 2.75) is 38.5 Å². The number of hydrogen-bond donors (Lipinski definition) is 1. The number of ketones is 1. The Morgan fingerprint density at radius 2 is 1.87 bits per heavy atom. The lowest BCUT2D eigenvalue weighted by Gasteiger charge is -2.37. The van der Waals surface area contributed by atoms with Crippen molar-refractivity contribution in [3.8, 4) is 0 Å². The molecule has 0 radical (unpaired) electrons. The van der Waals surface area contributed by atoms with E-state index in [4.69, 9.17) is 4.74 Å². The summed E-state index contributed by atoms with van der Waals surface area (Å²) in [6, 6.07) is 13.9. The molecule has 1 aliphatic carbocycles. The van der Waals surface area contributed by atoms with Gasteiger partial charge in [-0.3, -0.25) is 4.79 Å². The SMILES string of the molecule is CCOC(=O)C1=C(C)NC2=C(C(=O)C[C@@H](c3ccc(F)cc3)C2)[C@@H]1c1ccccc1Br. The normalized spacial score (nSPS) is 21.0. The van der Waals surface area contributed by atoms with Gasteiger partial charge in [0.05, 0.1) is 12.2 Å². The zero-order chi connectivity index (χ0) is 22.1. The van der Waals surface area contributed by atoms with Gasteiger partial charge in [-0.1, -0.05) is 46.3 Å². The second kappa shape index (κ2) is 8.79. The Bertz CT molecular complexity index is 1100. The van der Waals surface area contributed by atoms with Crippen LogP contribution in [0.4, 0.5) is 4.39 Å². The lowest BCUT2D eigenvalue weighted by molar-refractivity contribution is -0.138. The maximum Gasteiger partial charge on any atom is 0.336 e. The minimum absolute atomic E-state index is 0.0156. The topological polar surface area (TPSA) is 55.4 Å². The van der Waals surface area contributed by atoms with Gasteiger partial charge in [-0.25, -0.2) is 9.18 Å². The molecule has 2 aromatic carbocycles. The Balaban J connectivity index is 1.81. The van der Waals surface area contributed by atoms with E-state index in [9.17, 15) is 14.0 Å².